The maximum atomic E-state index is 11.6. The molecule has 98 valence electrons. The van der Waals surface area contributed by atoms with Gasteiger partial charge in [-0.2, -0.15) is 0 Å². The lowest BCUT2D eigenvalue weighted by molar-refractivity contribution is -0.133. The van der Waals surface area contributed by atoms with Crippen molar-refractivity contribution in [1.29, 1.82) is 0 Å². The zero-order chi connectivity index (χ0) is 13.4. The summed E-state index contributed by atoms with van der Waals surface area (Å²) < 4.78 is 0. The molecule has 2 N–H and O–H groups in total. The van der Waals surface area contributed by atoms with Crippen molar-refractivity contribution in [1.82, 2.24) is 5.32 Å². The normalized spacial score (nSPS) is 10.1. The Kier molecular flexibility index (Phi) is 6.60. The Morgan fingerprint density at radius 2 is 2.06 bits per heavy atom. The van der Waals surface area contributed by atoms with Crippen LogP contribution in [0.2, 0.25) is 5.02 Å². The summed E-state index contributed by atoms with van der Waals surface area (Å²) in [6.07, 6.45) is 0.239. The van der Waals surface area contributed by atoms with Crippen LogP contribution < -0.4 is 5.32 Å². The van der Waals surface area contributed by atoms with Crippen molar-refractivity contribution in [3.63, 3.8) is 0 Å². The van der Waals surface area contributed by atoms with E-state index < -0.39 is 5.97 Å². The quantitative estimate of drug-likeness (QED) is 0.751. The molecule has 0 aliphatic carbocycles. The molecule has 0 bridgehead atoms. The summed E-state index contributed by atoms with van der Waals surface area (Å²) in [7, 11) is 0. The number of nitrogens with one attached hydrogen (secondary N) is 1. The van der Waals surface area contributed by atoms with Crippen molar-refractivity contribution < 1.29 is 14.7 Å². The first-order valence-electron chi connectivity index (χ1n) is 5.39. The Hall–Kier alpha value is -1.20. The number of thioether (sulfide) groups is 1. The van der Waals surface area contributed by atoms with Crippen LogP contribution in [0.4, 0.5) is 0 Å². The molecule has 0 fully saturated rings. The summed E-state index contributed by atoms with van der Waals surface area (Å²) in [6, 6.07) is 7.19. The molecule has 0 aromatic heterocycles. The Morgan fingerprint density at radius 3 is 2.72 bits per heavy atom. The van der Waals surface area contributed by atoms with Crippen LogP contribution >= 0.6 is 23.4 Å². The highest BCUT2D eigenvalue weighted by atomic mass is 35.5. The number of hydrogen-bond donors (Lipinski definition) is 2. The van der Waals surface area contributed by atoms with Gasteiger partial charge in [0.2, 0.25) is 5.91 Å². The number of benzene rings is 1. The minimum atomic E-state index is -0.845. The summed E-state index contributed by atoms with van der Waals surface area (Å²) in [4.78, 5) is 21.8. The van der Waals surface area contributed by atoms with E-state index in [9.17, 15) is 9.59 Å². The molecule has 4 nitrogen and oxygen atoms in total. The number of carboxylic acid groups (broad SMARTS) is 1. The third-order valence-corrected chi connectivity index (χ3v) is 3.42. The number of carboxylic acids is 1. The predicted octanol–water partition coefficient (Wildman–Crippen LogP) is 1.82. The van der Waals surface area contributed by atoms with E-state index in [1.807, 2.05) is 12.1 Å². The van der Waals surface area contributed by atoms with Gasteiger partial charge in [-0.3, -0.25) is 9.59 Å². The Labute approximate surface area is 115 Å². The summed E-state index contributed by atoms with van der Waals surface area (Å²) >= 11 is 7.21. The molecule has 0 spiro atoms. The average Bonchev–Trinajstić information content (AvgIpc) is 2.31. The zero-order valence-electron chi connectivity index (χ0n) is 9.69. The minimum absolute atomic E-state index is 0.0559. The second-order valence-corrected chi connectivity index (χ2v) is 5.08. The van der Waals surface area contributed by atoms with Crippen LogP contribution in [-0.2, 0) is 16.0 Å². The van der Waals surface area contributed by atoms with Crippen LogP contribution in [0, 0.1) is 0 Å². The number of rotatable bonds is 7. The predicted molar refractivity (Wildman–Crippen MR) is 73.1 cm³/mol. The van der Waals surface area contributed by atoms with Gasteiger partial charge in [-0.25, -0.2) is 0 Å². The van der Waals surface area contributed by atoms with Gasteiger partial charge in [-0.05, 0) is 11.6 Å². The van der Waals surface area contributed by atoms with Gasteiger partial charge >= 0.3 is 5.97 Å². The first-order valence-corrected chi connectivity index (χ1v) is 6.92. The molecule has 1 aromatic carbocycles. The highest BCUT2D eigenvalue weighted by Gasteiger charge is 2.05. The van der Waals surface area contributed by atoms with Crippen molar-refractivity contribution in [2.45, 2.75) is 6.42 Å². The molecule has 18 heavy (non-hydrogen) atoms. The van der Waals surface area contributed by atoms with Gasteiger partial charge in [0.05, 0.1) is 12.2 Å². The second kappa shape index (κ2) is 8.00. The van der Waals surface area contributed by atoms with Crippen LogP contribution in [0.3, 0.4) is 0 Å². The van der Waals surface area contributed by atoms with Gasteiger partial charge in [0.25, 0.3) is 0 Å². The smallest absolute Gasteiger partial charge is 0.313 e. The monoisotopic (exact) mass is 287 g/mol. The number of hydrogen-bond acceptors (Lipinski definition) is 3. The van der Waals surface area contributed by atoms with Gasteiger partial charge in [-0.15, -0.1) is 11.8 Å². The van der Waals surface area contributed by atoms with Crippen LogP contribution in [0.25, 0.3) is 0 Å². The maximum Gasteiger partial charge on any atom is 0.313 e. The topological polar surface area (TPSA) is 66.4 Å². The van der Waals surface area contributed by atoms with Gasteiger partial charge in [0.15, 0.2) is 0 Å². The number of amides is 1. The van der Waals surface area contributed by atoms with Crippen molar-refractivity contribution in [3.8, 4) is 0 Å². The lowest BCUT2D eigenvalue weighted by Gasteiger charge is -2.05. The highest BCUT2D eigenvalue weighted by Crippen LogP contribution is 2.15. The second-order valence-electron chi connectivity index (χ2n) is 3.56. The van der Waals surface area contributed by atoms with Crippen molar-refractivity contribution in [2.24, 2.45) is 0 Å². The summed E-state index contributed by atoms with van der Waals surface area (Å²) in [5.74, 6) is -0.317. The third kappa shape index (κ3) is 5.93. The van der Waals surface area contributed by atoms with Gasteiger partial charge < -0.3 is 10.4 Å². The van der Waals surface area contributed by atoms with E-state index in [2.05, 4.69) is 5.32 Å². The molecule has 0 saturated heterocycles. The molecule has 6 heteroatoms. The van der Waals surface area contributed by atoms with Crippen LogP contribution in [0.5, 0.6) is 0 Å². The molecule has 0 unspecified atom stereocenters. The van der Waals surface area contributed by atoms with Crippen LogP contribution in [-0.4, -0.2) is 35.0 Å². The highest BCUT2D eigenvalue weighted by molar-refractivity contribution is 7.99. The molecule has 0 atom stereocenters. The molecular weight excluding hydrogens is 274 g/mol. The fourth-order valence-electron chi connectivity index (χ4n) is 1.30. The summed E-state index contributed by atoms with van der Waals surface area (Å²) in [5, 5.41) is 11.7. The van der Waals surface area contributed by atoms with E-state index in [0.29, 0.717) is 17.3 Å². The Balaban J connectivity index is 2.22. The first-order chi connectivity index (χ1) is 8.59. The van der Waals surface area contributed by atoms with Gasteiger partial charge in [0.1, 0.15) is 0 Å². The molecule has 0 saturated carbocycles. The van der Waals surface area contributed by atoms with Crippen LogP contribution in [0.1, 0.15) is 5.56 Å². The van der Waals surface area contributed by atoms with Crippen molar-refractivity contribution in [3.05, 3.63) is 34.9 Å². The van der Waals surface area contributed by atoms with Gasteiger partial charge in [0, 0.05) is 17.3 Å². The SMILES string of the molecule is O=C(O)CSCCNC(=O)Cc1ccccc1Cl. The Bertz CT molecular complexity index is 426. The van der Waals surface area contributed by atoms with E-state index in [1.54, 1.807) is 12.1 Å². The largest absolute Gasteiger partial charge is 0.481 e. The molecular formula is C12H14ClNO3S. The van der Waals surface area contributed by atoms with E-state index in [4.69, 9.17) is 16.7 Å². The molecule has 0 aliphatic rings. The number of halogens is 1. The number of carbonyl (C=O) groups excluding carboxylic acids is 1. The van der Waals surface area contributed by atoms with E-state index >= 15 is 0 Å². The molecule has 1 rings (SSSR count). The van der Waals surface area contributed by atoms with E-state index in [0.717, 1.165) is 5.56 Å². The van der Waals surface area contributed by atoms with Crippen LogP contribution in [0.15, 0.2) is 24.3 Å². The minimum Gasteiger partial charge on any atom is -0.481 e. The lowest BCUT2D eigenvalue weighted by Crippen LogP contribution is -2.27. The molecule has 1 aromatic rings. The zero-order valence-corrected chi connectivity index (χ0v) is 11.3. The van der Waals surface area contributed by atoms with Crippen molar-refractivity contribution in [2.75, 3.05) is 18.1 Å². The summed E-state index contributed by atoms with van der Waals surface area (Å²) in [6.45, 7) is 0.460. The van der Waals surface area contributed by atoms with Crippen molar-refractivity contribution >= 4 is 35.2 Å². The third-order valence-electron chi connectivity index (χ3n) is 2.10. The summed E-state index contributed by atoms with van der Waals surface area (Å²) in [5.41, 5.74) is 0.787. The standard InChI is InChI=1S/C12H14ClNO3S/c13-10-4-2-1-3-9(10)7-11(15)14-5-6-18-8-12(16)17/h1-4H,5-8H2,(H,14,15)(H,16,17). The number of carbonyl (C=O) groups is 2. The van der Waals surface area contributed by atoms with E-state index in [1.165, 1.54) is 11.8 Å². The fourth-order valence-corrected chi connectivity index (χ4v) is 2.07. The fraction of sp³-hybridized carbons (Fsp3) is 0.333. The van der Waals surface area contributed by atoms with Gasteiger partial charge in [-0.1, -0.05) is 29.8 Å². The average molecular weight is 288 g/mol. The first kappa shape index (κ1) is 14.9. The lowest BCUT2D eigenvalue weighted by atomic mass is 10.1. The maximum absolute atomic E-state index is 11.6. The molecule has 0 heterocycles. The number of aliphatic carboxylic acids is 1. The molecule has 0 radical (unpaired) electrons. The molecule has 0 aliphatic heterocycles. The van der Waals surface area contributed by atoms with E-state index in [-0.39, 0.29) is 18.1 Å². The molecule has 1 amide bonds. The Morgan fingerprint density at radius 1 is 1.33 bits per heavy atom.